The molecule has 5 N–H and O–H groups in total. The van der Waals surface area contributed by atoms with Crippen molar-refractivity contribution >= 4 is 22.7 Å². The summed E-state index contributed by atoms with van der Waals surface area (Å²) in [6.07, 6.45) is 3.80. The number of ether oxygens (including phenoxy) is 1. The Morgan fingerprint density at radius 2 is 1.90 bits per heavy atom. The molecule has 1 amide bonds. The number of rotatable bonds is 5. The van der Waals surface area contributed by atoms with Crippen molar-refractivity contribution in [1.82, 2.24) is 20.3 Å². The number of fused-ring (bicyclic) bond motifs is 1. The molecule has 160 valence electrons. The molecule has 0 radical (unpaired) electrons. The Bertz CT molecular complexity index is 1180. The minimum Gasteiger partial charge on any atom is -0.444 e. The summed E-state index contributed by atoms with van der Waals surface area (Å²) < 4.78 is 5.49. The van der Waals surface area contributed by atoms with E-state index in [4.69, 9.17) is 10.5 Å². The molecule has 2 heterocycles. The van der Waals surface area contributed by atoms with Crippen molar-refractivity contribution < 1.29 is 9.53 Å². The molecule has 0 bridgehead atoms. The van der Waals surface area contributed by atoms with Gasteiger partial charge in [-0.05, 0) is 50.1 Å². The number of carbonyl (C=O) groups is 1. The van der Waals surface area contributed by atoms with E-state index in [-0.39, 0.29) is 0 Å². The molecule has 1 unspecified atom stereocenters. The fraction of sp³-hybridized carbons (Fsp3) is 0.250. The second-order valence-electron chi connectivity index (χ2n) is 8.57. The van der Waals surface area contributed by atoms with E-state index in [2.05, 4.69) is 26.3 Å². The fourth-order valence-electron chi connectivity index (χ4n) is 3.51. The molecule has 31 heavy (non-hydrogen) atoms. The molecule has 0 spiro atoms. The van der Waals surface area contributed by atoms with E-state index in [1.165, 1.54) is 0 Å². The molecule has 7 nitrogen and oxygen atoms in total. The number of nitrogens with one attached hydrogen (secondary N) is 3. The zero-order valence-electron chi connectivity index (χ0n) is 17.9. The molecule has 1 atom stereocenters. The van der Waals surface area contributed by atoms with Crippen LogP contribution in [0, 0.1) is 0 Å². The third-order valence-electron chi connectivity index (χ3n) is 4.94. The molecule has 0 saturated carbocycles. The predicted molar refractivity (Wildman–Crippen MR) is 123 cm³/mol. The first kappa shape index (κ1) is 20.5. The Kier molecular flexibility index (Phi) is 5.42. The Morgan fingerprint density at radius 3 is 2.65 bits per heavy atom. The van der Waals surface area contributed by atoms with Crippen molar-refractivity contribution in [1.29, 1.82) is 0 Å². The van der Waals surface area contributed by atoms with Gasteiger partial charge in [0, 0.05) is 29.2 Å². The van der Waals surface area contributed by atoms with Crippen molar-refractivity contribution in [3.63, 3.8) is 0 Å². The van der Waals surface area contributed by atoms with E-state index in [1.54, 1.807) is 6.20 Å². The van der Waals surface area contributed by atoms with Crippen LogP contribution in [0.15, 0.2) is 60.9 Å². The van der Waals surface area contributed by atoms with Crippen molar-refractivity contribution in [3.8, 4) is 11.3 Å². The maximum absolute atomic E-state index is 12.6. The minimum absolute atomic E-state index is 0.392. The third-order valence-corrected chi connectivity index (χ3v) is 4.94. The second-order valence-corrected chi connectivity index (χ2v) is 8.57. The highest BCUT2D eigenvalue weighted by Crippen LogP contribution is 2.26. The number of hydrogen-bond acceptors (Lipinski definition) is 4. The molecule has 2 aromatic carbocycles. The van der Waals surface area contributed by atoms with Gasteiger partial charge in [0.15, 0.2) is 0 Å². The summed E-state index contributed by atoms with van der Waals surface area (Å²) in [5.74, 6) is 0.656. The smallest absolute Gasteiger partial charge is 0.408 e. The lowest BCUT2D eigenvalue weighted by molar-refractivity contribution is 0.0501. The second kappa shape index (κ2) is 8.18. The minimum atomic E-state index is -0.590. The van der Waals surface area contributed by atoms with Crippen LogP contribution in [0.2, 0.25) is 0 Å². The number of carbonyl (C=O) groups excluding carboxylic acids is 1. The van der Waals surface area contributed by atoms with Crippen LogP contribution < -0.4 is 11.1 Å². The van der Waals surface area contributed by atoms with Crippen LogP contribution in [0.4, 0.5) is 10.5 Å². The number of nitrogens with zero attached hydrogens (tertiary/aromatic N) is 1. The molecular weight excluding hydrogens is 390 g/mol. The van der Waals surface area contributed by atoms with E-state index in [1.807, 2.05) is 69.4 Å². The lowest BCUT2D eigenvalue weighted by Gasteiger charge is -2.23. The van der Waals surface area contributed by atoms with Crippen LogP contribution in [0.25, 0.3) is 22.2 Å². The predicted octanol–water partition coefficient (Wildman–Crippen LogP) is 4.95. The third kappa shape index (κ3) is 4.88. The highest BCUT2D eigenvalue weighted by molar-refractivity contribution is 5.83. The fourth-order valence-corrected chi connectivity index (χ4v) is 3.51. The van der Waals surface area contributed by atoms with Gasteiger partial charge in [0.05, 0.1) is 17.9 Å². The van der Waals surface area contributed by atoms with E-state index >= 15 is 0 Å². The van der Waals surface area contributed by atoms with Crippen molar-refractivity contribution in [2.45, 2.75) is 38.8 Å². The first-order chi connectivity index (χ1) is 14.8. The van der Waals surface area contributed by atoms with Gasteiger partial charge in [-0.3, -0.25) is 0 Å². The molecule has 4 aromatic rings. The molecule has 4 rings (SSSR count). The van der Waals surface area contributed by atoms with Crippen LogP contribution >= 0.6 is 0 Å². The number of imidazole rings is 1. The van der Waals surface area contributed by atoms with Gasteiger partial charge in [0.1, 0.15) is 11.4 Å². The number of hydrogen-bond donors (Lipinski definition) is 4. The van der Waals surface area contributed by atoms with E-state index in [0.29, 0.717) is 17.9 Å². The highest BCUT2D eigenvalue weighted by Gasteiger charge is 2.24. The number of para-hydroxylation sites is 1. The number of anilines is 1. The quantitative estimate of drug-likeness (QED) is 0.345. The number of aromatic amines is 2. The summed E-state index contributed by atoms with van der Waals surface area (Å²) >= 11 is 0. The molecule has 7 heteroatoms. The van der Waals surface area contributed by atoms with Crippen molar-refractivity contribution in [2.24, 2.45) is 0 Å². The zero-order valence-corrected chi connectivity index (χ0v) is 17.9. The van der Waals surface area contributed by atoms with Gasteiger partial charge in [-0.25, -0.2) is 9.78 Å². The summed E-state index contributed by atoms with van der Waals surface area (Å²) in [5, 5.41) is 4.09. The van der Waals surface area contributed by atoms with E-state index in [9.17, 15) is 4.79 Å². The zero-order chi connectivity index (χ0) is 22.0. The highest BCUT2D eigenvalue weighted by atomic mass is 16.6. The number of benzene rings is 2. The SMILES string of the molecule is CC(C)(C)OC(=O)NC(Cc1c[nH]c2ccccc12)c1ncc(-c2ccc(N)cc2)[nH]1. The van der Waals surface area contributed by atoms with Crippen molar-refractivity contribution in [3.05, 3.63) is 72.3 Å². The average molecular weight is 418 g/mol. The summed E-state index contributed by atoms with van der Waals surface area (Å²) in [5.41, 5.74) is 9.86. The monoisotopic (exact) mass is 417 g/mol. The number of amides is 1. The number of nitrogen functional groups attached to an aromatic ring is 1. The first-order valence-electron chi connectivity index (χ1n) is 10.2. The Balaban J connectivity index is 1.63. The molecule has 0 saturated heterocycles. The summed E-state index contributed by atoms with van der Waals surface area (Å²) in [4.78, 5) is 23.7. The van der Waals surface area contributed by atoms with Crippen LogP contribution in [0.1, 0.15) is 38.2 Å². The molecular formula is C24H27N5O2. The number of nitrogens with two attached hydrogens (primary N) is 1. The summed E-state index contributed by atoms with van der Waals surface area (Å²) in [6.45, 7) is 5.52. The summed E-state index contributed by atoms with van der Waals surface area (Å²) in [7, 11) is 0. The van der Waals surface area contributed by atoms with Gasteiger partial charge in [-0.15, -0.1) is 0 Å². The molecule has 0 aliphatic carbocycles. The Hall–Kier alpha value is -3.74. The Morgan fingerprint density at radius 1 is 1.16 bits per heavy atom. The summed E-state index contributed by atoms with van der Waals surface area (Å²) in [6, 6.07) is 15.2. The number of aromatic nitrogens is 3. The molecule has 2 aromatic heterocycles. The molecule has 0 aliphatic rings. The Labute approximate surface area is 181 Å². The van der Waals surface area contributed by atoms with Gasteiger partial charge in [-0.2, -0.15) is 0 Å². The lowest BCUT2D eigenvalue weighted by Crippen LogP contribution is -2.36. The van der Waals surface area contributed by atoms with Gasteiger partial charge >= 0.3 is 6.09 Å². The average Bonchev–Trinajstić information content (AvgIpc) is 3.34. The van der Waals surface area contributed by atoms with E-state index < -0.39 is 17.7 Å². The normalized spacial score (nSPS) is 12.6. The first-order valence-corrected chi connectivity index (χ1v) is 10.2. The van der Waals surface area contributed by atoms with Crippen LogP contribution in [-0.2, 0) is 11.2 Å². The number of alkyl carbamates (subject to hydrolysis) is 1. The van der Waals surface area contributed by atoms with Gasteiger partial charge < -0.3 is 25.8 Å². The van der Waals surface area contributed by atoms with Crippen LogP contribution in [0.3, 0.4) is 0 Å². The number of H-pyrrole nitrogens is 2. The largest absolute Gasteiger partial charge is 0.444 e. The van der Waals surface area contributed by atoms with Gasteiger partial charge in [0.25, 0.3) is 0 Å². The standard InChI is InChI=1S/C24H27N5O2/c1-24(2,3)31-23(30)29-20(12-16-13-26-19-7-5-4-6-18(16)19)22-27-14-21(28-22)15-8-10-17(25)11-9-15/h4-11,13-14,20,26H,12,25H2,1-3H3,(H,27,28)(H,29,30). The van der Waals surface area contributed by atoms with Gasteiger partial charge in [0.2, 0.25) is 0 Å². The maximum Gasteiger partial charge on any atom is 0.408 e. The maximum atomic E-state index is 12.6. The lowest BCUT2D eigenvalue weighted by atomic mass is 10.0. The molecule has 0 fully saturated rings. The van der Waals surface area contributed by atoms with Crippen LogP contribution in [-0.4, -0.2) is 26.6 Å². The molecule has 0 aliphatic heterocycles. The van der Waals surface area contributed by atoms with E-state index in [0.717, 1.165) is 27.7 Å². The topological polar surface area (TPSA) is 109 Å². The van der Waals surface area contributed by atoms with Crippen molar-refractivity contribution in [2.75, 3.05) is 5.73 Å². The van der Waals surface area contributed by atoms with Gasteiger partial charge in [-0.1, -0.05) is 30.3 Å². The van der Waals surface area contributed by atoms with Crippen LogP contribution in [0.5, 0.6) is 0 Å².